The van der Waals surface area contributed by atoms with Crippen molar-refractivity contribution in [1.82, 2.24) is 0 Å². The van der Waals surface area contributed by atoms with Gasteiger partial charge in [-0.3, -0.25) is 4.57 Å². The van der Waals surface area contributed by atoms with E-state index in [2.05, 4.69) is 0 Å². The van der Waals surface area contributed by atoms with Crippen LogP contribution in [0, 0.1) is 0 Å². The summed E-state index contributed by atoms with van der Waals surface area (Å²) < 4.78 is 37.8. The third kappa shape index (κ3) is 2.95. The first-order valence-corrected chi connectivity index (χ1v) is 10.8. The second kappa shape index (κ2) is 5.76. The molecular weight excluding hydrogens is 246 g/mol. The van der Waals surface area contributed by atoms with Gasteiger partial charge < -0.3 is 9.05 Å². The van der Waals surface area contributed by atoms with Crippen molar-refractivity contribution in [2.75, 3.05) is 13.2 Å². The van der Waals surface area contributed by atoms with Crippen LogP contribution in [-0.2, 0) is 13.6 Å². The maximum atomic E-state index is 15.0. The van der Waals surface area contributed by atoms with Crippen molar-refractivity contribution >= 4 is 15.7 Å². The molecule has 0 spiro atoms. The molecule has 6 heteroatoms. The summed E-state index contributed by atoms with van der Waals surface area (Å²) in [6, 6.07) is 0. The molecule has 0 amide bonds. The average Bonchev–Trinajstić information content (AvgIpc) is 2.15. The van der Waals surface area contributed by atoms with Crippen LogP contribution in [0.4, 0.5) is 4.39 Å². The van der Waals surface area contributed by atoms with Gasteiger partial charge >= 0.3 is 7.60 Å². The zero-order chi connectivity index (χ0) is 13.0. The normalized spacial score (nSPS) is 17.2. The van der Waals surface area contributed by atoms with Gasteiger partial charge in [-0.05, 0) is 20.3 Å². The molecule has 0 aromatic carbocycles. The maximum Gasteiger partial charge on any atom is 0.363 e. The van der Waals surface area contributed by atoms with Crippen molar-refractivity contribution in [3.63, 3.8) is 0 Å². The minimum atomic E-state index is -3.67. The lowest BCUT2D eigenvalue weighted by atomic mass is 10.5. The molecular formula is C10H24FO3PSi. The van der Waals surface area contributed by atoms with Gasteiger partial charge in [0, 0.05) is 0 Å². The van der Waals surface area contributed by atoms with Crippen LogP contribution in [0.5, 0.6) is 0 Å². The van der Waals surface area contributed by atoms with Gasteiger partial charge in [0.15, 0.2) is 5.03 Å². The molecule has 0 bridgehead atoms. The molecule has 0 aromatic rings. The molecule has 0 rings (SSSR count). The van der Waals surface area contributed by atoms with Crippen LogP contribution in [0.3, 0.4) is 0 Å². The maximum absolute atomic E-state index is 15.0. The Kier molecular flexibility index (Phi) is 5.87. The summed E-state index contributed by atoms with van der Waals surface area (Å²) in [5.41, 5.74) is 0. The van der Waals surface area contributed by atoms with E-state index in [0.717, 1.165) is 0 Å². The lowest BCUT2D eigenvalue weighted by Crippen LogP contribution is -2.48. The van der Waals surface area contributed by atoms with E-state index in [4.69, 9.17) is 9.05 Å². The van der Waals surface area contributed by atoms with Crippen LogP contribution >= 0.6 is 7.60 Å². The standard InChI is InChI=1S/C10H24FO3PSi/c1-7-10(11,16(4,5)6)15(12,13-8-2)14-9-3/h7-9H2,1-6H3. The Labute approximate surface area is 99.3 Å². The highest BCUT2D eigenvalue weighted by Gasteiger charge is 2.58. The molecule has 0 heterocycles. The lowest BCUT2D eigenvalue weighted by molar-refractivity contribution is 0.171. The number of hydrogen-bond acceptors (Lipinski definition) is 3. The average molecular weight is 270 g/mol. The van der Waals surface area contributed by atoms with E-state index in [9.17, 15) is 8.96 Å². The zero-order valence-electron chi connectivity index (χ0n) is 11.2. The topological polar surface area (TPSA) is 35.5 Å². The summed E-state index contributed by atoms with van der Waals surface area (Å²) in [4.78, 5) is 0. The molecule has 0 N–H and O–H groups in total. The van der Waals surface area contributed by atoms with Crippen LogP contribution in [-0.4, -0.2) is 26.3 Å². The Morgan fingerprint density at radius 3 is 1.69 bits per heavy atom. The molecule has 1 atom stereocenters. The molecule has 0 radical (unpaired) electrons. The van der Waals surface area contributed by atoms with E-state index >= 15 is 0 Å². The first-order chi connectivity index (χ1) is 7.18. The quantitative estimate of drug-likeness (QED) is 0.513. The Hall–Kier alpha value is 0.297. The van der Waals surface area contributed by atoms with E-state index in [-0.39, 0.29) is 19.6 Å². The lowest BCUT2D eigenvalue weighted by Gasteiger charge is -2.39. The molecule has 0 aliphatic heterocycles. The van der Waals surface area contributed by atoms with Crippen molar-refractivity contribution in [3.05, 3.63) is 0 Å². The first-order valence-electron chi connectivity index (χ1n) is 5.76. The highest BCUT2D eigenvalue weighted by molar-refractivity contribution is 7.59. The van der Waals surface area contributed by atoms with Gasteiger partial charge in [0.2, 0.25) is 0 Å². The van der Waals surface area contributed by atoms with Crippen molar-refractivity contribution < 1.29 is 18.0 Å². The second-order valence-electron chi connectivity index (χ2n) is 4.70. The van der Waals surface area contributed by atoms with E-state index < -0.39 is 20.7 Å². The van der Waals surface area contributed by atoms with Crippen molar-refractivity contribution in [2.45, 2.75) is 51.9 Å². The zero-order valence-corrected chi connectivity index (χ0v) is 13.1. The molecule has 1 unspecified atom stereocenters. The monoisotopic (exact) mass is 270 g/mol. The van der Waals surface area contributed by atoms with E-state index in [1.807, 2.05) is 19.6 Å². The van der Waals surface area contributed by atoms with E-state index in [1.54, 1.807) is 20.8 Å². The van der Waals surface area contributed by atoms with Crippen LogP contribution in [0.15, 0.2) is 0 Å². The third-order valence-corrected chi connectivity index (χ3v) is 10.5. The molecule has 0 aliphatic rings. The minimum Gasteiger partial charge on any atom is -0.307 e. The molecule has 0 saturated carbocycles. The molecule has 0 aromatic heterocycles. The summed E-state index contributed by atoms with van der Waals surface area (Å²) in [6.07, 6.45) is 0.167. The van der Waals surface area contributed by atoms with Crippen molar-refractivity contribution in [1.29, 1.82) is 0 Å². The van der Waals surface area contributed by atoms with Crippen LogP contribution in [0.25, 0.3) is 0 Å². The largest absolute Gasteiger partial charge is 0.363 e. The predicted octanol–water partition coefficient (Wildman–Crippen LogP) is 4.21. The second-order valence-corrected chi connectivity index (χ2v) is 12.6. The summed E-state index contributed by atoms with van der Waals surface area (Å²) in [7, 11) is -5.97. The number of halogens is 1. The van der Waals surface area contributed by atoms with Gasteiger partial charge in [0.05, 0.1) is 13.2 Å². The van der Waals surface area contributed by atoms with E-state index in [1.165, 1.54) is 0 Å². The Balaban J connectivity index is 5.38. The van der Waals surface area contributed by atoms with Gasteiger partial charge in [-0.15, -0.1) is 0 Å². The number of hydrogen-bond donors (Lipinski definition) is 0. The van der Waals surface area contributed by atoms with Crippen LogP contribution in [0.2, 0.25) is 19.6 Å². The van der Waals surface area contributed by atoms with Gasteiger partial charge in [0.1, 0.15) is 8.07 Å². The summed E-state index contributed by atoms with van der Waals surface area (Å²) in [5.74, 6) is 0. The third-order valence-electron chi connectivity index (χ3n) is 2.65. The van der Waals surface area contributed by atoms with Crippen LogP contribution in [0.1, 0.15) is 27.2 Å². The minimum absolute atomic E-state index is 0.167. The van der Waals surface area contributed by atoms with Gasteiger partial charge in [0.25, 0.3) is 0 Å². The smallest absolute Gasteiger partial charge is 0.307 e. The molecule has 0 saturated heterocycles. The number of rotatable bonds is 7. The summed E-state index contributed by atoms with van der Waals surface area (Å²) >= 11 is 0. The predicted molar refractivity (Wildman–Crippen MR) is 68.3 cm³/mol. The highest BCUT2D eigenvalue weighted by Crippen LogP contribution is 2.65. The molecule has 98 valence electrons. The highest BCUT2D eigenvalue weighted by atomic mass is 31.2. The van der Waals surface area contributed by atoms with Gasteiger partial charge in [-0.25, -0.2) is 4.39 Å². The Morgan fingerprint density at radius 1 is 1.12 bits per heavy atom. The fraction of sp³-hybridized carbons (Fsp3) is 1.00. The van der Waals surface area contributed by atoms with E-state index in [0.29, 0.717) is 0 Å². The molecule has 3 nitrogen and oxygen atoms in total. The van der Waals surface area contributed by atoms with Crippen molar-refractivity contribution in [3.8, 4) is 0 Å². The van der Waals surface area contributed by atoms with Gasteiger partial charge in [-0.1, -0.05) is 26.6 Å². The molecule has 16 heavy (non-hydrogen) atoms. The summed E-state index contributed by atoms with van der Waals surface area (Å²) in [5, 5.41) is -1.81. The first kappa shape index (κ1) is 16.3. The Morgan fingerprint density at radius 2 is 1.50 bits per heavy atom. The SMILES string of the molecule is CCOP(=O)(OCC)C(F)(CC)[Si](C)(C)C. The summed E-state index contributed by atoms with van der Waals surface area (Å²) in [6.45, 7) is 11.0. The molecule has 0 aliphatic carbocycles. The fourth-order valence-corrected chi connectivity index (χ4v) is 8.00. The Bertz CT molecular complexity index is 257. The van der Waals surface area contributed by atoms with Crippen LogP contribution < -0.4 is 0 Å². The van der Waals surface area contributed by atoms with Gasteiger partial charge in [-0.2, -0.15) is 0 Å². The molecule has 0 fully saturated rings. The number of alkyl halides is 1. The van der Waals surface area contributed by atoms with Crippen molar-refractivity contribution in [2.24, 2.45) is 0 Å². The fourth-order valence-electron chi connectivity index (χ4n) is 1.72.